The fourth-order valence-electron chi connectivity index (χ4n) is 1.49. The number of carbonyl (C=O) groups excluding carboxylic acids is 1. The quantitative estimate of drug-likeness (QED) is 0.679. The summed E-state index contributed by atoms with van der Waals surface area (Å²) in [5.41, 5.74) is 7.32. The molecule has 19 heavy (non-hydrogen) atoms. The van der Waals surface area contributed by atoms with Gasteiger partial charge < -0.3 is 16.4 Å². The van der Waals surface area contributed by atoms with Crippen molar-refractivity contribution in [1.82, 2.24) is 5.32 Å². The summed E-state index contributed by atoms with van der Waals surface area (Å²) in [6, 6.07) is 7.18. The van der Waals surface area contributed by atoms with E-state index in [4.69, 9.17) is 11.0 Å². The molecule has 0 heterocycles. The minimum Gasteiger partial charge on any atom is -0.398 e. The van der Waals surface area contributed by atoms with Gasteiger partial charge in [-0.15, -0.1) is 0 Å². The van der Waals surface area contributed by atoms with Crippen LogP contribution in [0.15, 0.2) is 18.2 Å². The molecule has 1 aromatic carbocycles. The molecule has 5 heteroatoms. The van der Waals surface area contributed by atoms with E-state index < -0.39 is 0 Å². The Bertz CT molecular complexity index is 477. The fourth-order valence-corrected chi connectivity index (χ4v) is 1.49. The van der Waals surface area contributed by atoms with Gasteiger partial charge in [-0.25, -0.2) is 0 Å². The first-order valence-corrected chi connectivity index (χ1v) is 6.33. The minimum absolute atomic E-state index is 0.0251. The summed E-state index contributed by atoms with van der Waals surface area (Å²) in [5.74, 6) is 0.476. The Morgan fingerprint density at radius 1 is 1.47 bits per heavy atom. The molecule has 0 atom stereocenters. The third-order valence-corrected chi connectivity index (χ3v) is 2.56. The van der Waals surface area contributed by atoms with Crippen LogP contribution >= 0.6 is 0 Å². The highest BCUT2D eigenvalue weighted by atomic mass is 16.1. The van der Waals surface area contributed by atoms with Crippen LogP contribution in [0.3, 0.4) is 0 Å². The van der Waals surface area contributed by atoms with Crippen molar-refractivity contribution in [2.75, 3.05) is 24.1 Å². The standard InChI is InChI=1S/C14H20N4O/c1-10(2)9-18-14(19)5-6-17-12-3-4-13(16)11(7-12)8-15/h3-4,7,10,17H,5-6,9,16H2,1-2H3,(H,18,19). The number of nitriles is 1. The number of hydrogen-bond donors (Lipinski definition) is 3. The SMILES string of the molecule is CC(C)CNC(=O)CCNc1ccc(N)c(C#N)c1. The molecule has 5 nitrogen and oxygen atoms in total. The van der Waals surface area contributed by atoms with Crippen LogP contribution in [0.25, 0.3) is 0 Å². The average Bonchev–Trinajstić information content (AvgIpc) is 2.38. The number of nitrogens with one attached hydrogen (secondary N) is 2. The van der Waals surface area contributed by atoms with Crippen LogP contribution in [0.5, 0.6) is 0 Å². The lowest BCUT2D eigenvalue weighted by atomic mass is 10.2. The van der Waals surface area contributed by atoms with E-state index in [-0.39, 0.29) is 5.91 Å². The third-order valence-electron chi connectivity index (χ3n) is 2.56. The van der Waals surface area contributed by atoms with Crippen LogP contribution in [0.1, 0.15) is 25.8 Å². The van der Waals surface area contributed by atoms with Gasteiger partial charge in [-0.2, -0.15) is 5.26 Å². The van der Waals surface area contributed by atoms with Crippen molar-refractivity contribution < 1.29 is 4.79 Å². The highest BCUT2D eigenvalue weighted by Crippen LogP contribution is 2.16. The van der Waals surface area contributed by atoms with Crippen LogP contribution in [-0.2, 0) is 4.79 Å². The molecule has 0 fully saturated rings. The molecule has 0 unspecified atom stereocenters. The van der Waals surface area contributed by atoms with Crippen molar-refractivity contribution in [2.24, 2.45) is 5.92 Å². The number of amides is 1. The second kappa shape index (κ2) is 7.27. The first-order valence-electron chi connectivity index (χ1n) is 6.33. The van der Waals surface area contributed by atoms with Crippen LogP contribution in [0.4, 0.5) is 11.4 Å². The Kier molecular flexibility index (Phi) is 5.68. The van der Waals surface area contributed by atoms with E-state index in [1.165, 1.54) is 0 Å². The molecule has 0 aliphatic heterocycles. The van der Waals surface area contributed by atoms with Crippen molar-refractivity contribution in [3.8, 4) is 6.07 Å². The first kappa shape index (κ1) is 14.8. The summed E-state index contributed by atoms with van der Waals surface area (Å²) in [4.78, 5) is 11.5. The lowest BCUT2D eigenvalue weighted by Gasteiger charge is -2.09. The van der Waals surface area contributed by atoms with Gasteiger partial charge in [-0.1, -0.05) is 13.8 Å². The Morgan fingerprint density at radius 3 is 2.84 bits per heavy atom. The monoisotopic (exact) mass is 260 g/mol. The lowest BCUT2D eigenvalue weighted by molar-refractivity contribution is -0.120. The van der Waals surface area contributed by atoms with Crippen LogP contribution in [0, 0.1) is 17.2 Å². The van der Waals surface area contributed by atoms with Gasteiger partial charge in [0.2, 0.25) is 5.91 Å². The summed E-state index contributed by atoms with van der Waals surface area (Å²) in [7, 11) is 0. The molecule has 4 N–H and O–H groups in total. The Hall–Kier alpha value is -2.22. The molecule has 0 saturated carbocycles. The molecule has 0 aromatic heterocycles. The predicted octanol–water partition coefficient (Wildman–Crippen LogP) is 1.71. The maximum atomic E-state index is 11.5. The van der Waals surface area contributed by atoms with Crippen molar-refractivity contribution >= 4 is 17.3 Å². The number of carbonyl (C=O) groups is 1. The molecule has 1 aromatic rings. The maximum Gasteiger partial charge on any atom is 0.221 e. The van der Waals surface area contributed by atoms with E-state index in [1.54, 1.807) is 18.2 Å². The fraction of sp³-hybridized carbons (Fsp3) is 0.429. The van der Waals surface area contributed by atoms with Crippen molar-refractivity contribution in [3.05, 3.63) is 23.8 Å². The van der Waals surface area contributed by atoms with Gasteiger partial charge in [0.25, 0.3) is 0 Å². The van der Waals surface area contributed by atoms with Crippen LogP contribution in [-0.4, -0.2) is 19.0 Å². The number of benzene rings is 1. The Labute approximate surface area is 113 Å². The van der Waals surface area contributed by atoms with E-state index in [1.807, 2.05) is 6.07 Å². The van der Waals surface area contributed by atoms with E-state index in [2.05, 4.69) is 24.5 Å². The molecule has 0 spiro atoms. The van der Waals surface area contributed by atoms with Crippen molar-refractivity contribution in [3.63, 3.8) is 0 Å². The first-order chi connectivity index (χ1) is 9.02. The number of rotatable bonds is 6. The molecular formula is C14H20N4O. The molecule has 0 radical (unpaired) electrons. The summed E-state index contributed by atoms with van der Waals surface area (Å²) in [6.45, 7) is 5.32. The molecule has 0 aliphatic carbocycles. The normalized spacial score (nSPS) is 10.0. The Balaban J connectivity index is 2.37. The second-order valence-electron chi connectivity index (χ2n) is 4.79. The molecule has 1 rings (SSSR count). The van der Waals surface area contributed by atoms with Gasteiger partial charge in [-0.05, 0) is 24.1 Å². The molecule has 0 aliphatic rings. The zero-order valence-corrected chi connectivity index (χ0v) is 11.4. The lowest BCUT2D eigenvalue weighted by Crippen LogP contribution is -2.28. The predicted molar refractivity (Wildman–Crippen MR) is 76.5 cm³/mol. The van der Waals surface area contributed by atoms with Gasteiger partial charge in [-0.3, -0.25) is 4.79 Å². The molecule has 0 saturated heterocycles. The number of nitrogens with two attached hydrogens (primary N) is 1. The number of nitrogens with zero attached hydrogens (tertiary/aromatic N) is 1. The third kappa shape index (κ3) is 5.30. The second-order valence-corrected chi connectivity index (χ2v) is 4.79. The van der Waals surface area contributed by atoms with Crippen molar-refractivity contribution in [1.29, 1.82) is 5.26 Å². The van der Waals surface area contributed by atoms with E-state index in [0.717, 1.165) is 5.69 Å². The van der Waals surface area contributed by atoms with Gasteiger partial charge in [0.15, 0.2) is 0 Å². The topological polar surface area (TPSA) is 90.9 Å². The molecule has 102 valence electrons. The van der Waals surface area contributed by atoms with E-state index in [9.17, 15) is 4.79 Å². The smallest absolute Gasteiger partial charge is 0.221 e. The van der Waals surface area contributed by atoms with Crippen molar-refractivity contribution in [2.45, 2.75) is 20.3 Å². The zero-order valence-electron chi connectivity index (χ0n) is 11.4. The summed E-state index contributed by atoms with van der Waals surface area (Å²) < 4.78 is 0. The van der Waals surface area contributed by atoms with E-state index >= 15 is 0 Å². The minimum atomic E-state index is 0.0251. The summed E-state index contributed by atoms with van der Waals surface area (Å²) >= 11 is 0. The van der Waals surface area contributed by atoms with Gasteiger partial charge in [0.05, 0.1) is 5.56 Å². The summed E-state index contributed by atoms with van der Waals surface area (Å²) in [6.07, 6.45) is 0.402. The molecule has 1 amide bonds. The zero-order chi connectivity index (χ0) is 14.3. The van der Waals surface area contributed by atoms with E-state index in [0.29, 0.717) is 36.7 Å². The largest absolute Gasteiger partial charge is 0.398 e. The number of anilines is 2. The molecule has 0 bridgehead atoms. The average molecular weight is 260 g/mol. The van der Waals surface area contributed by atoms with Gasteiger partial charge >= 0.3 is 0 Å². The van der Waals surface area contributed by atoms with Gasteiger partial charge in [0.1, 0.15) is 6.07 Å². The van der Waals surface area contributed by atoms with Gasteiger partial charge in [0, 0.05) is 30.9 Å². The number of hydrogen-bond acceptors (Lipinski definition) is 4. The molecular weight excluding hydrogens is 240 g/mol. The highest BCUT2D eigenvalue weighted by molar-refractivity contribution is 5.76. The summed E-state index contributed by atoms with van der Waals surface area (Å²) in [5, 5.41) is 14.8. The highest BCUT2D eigenvalue weighted by Gasteiger charge is 2.03. The van der Waals surface area contributed by atoms with Crippen LogP contribution in [0.2, 0.25) is 0 Å². The maximum absolute atomic E-state index is 11.5. The number of nitrogen functional groups attached to an aromatic ring is 1. The van der Waals surface area contributed by atoms with Crippen LogP contribution < -0.4 is 16.4 Å². The Morgan fingerprint density at radius 2 is 2.21 bits per heavy atom.